The number of pyridine rings is 1. The van der Waals surface area contributed by atoms with Crippen LogP contribution in [-0.2, 0) is 0 Å². The molecule has 2 aromatic rings. The molecule has 7 nitrogen and oxygen atoms in total. The van der Waals surface area contributed by atoms with Crippen molar-refractivity contribution in [2.75, 3.05) is 5.32 Å². The van der Waals surface area contributed by atoms with E-state index < -0.39 is 10.8 Å². The molecule has 2 rings (SSSR count). The molecular weight excluding hydrogens is 286 g/mol. The average Bonchev–Trinajstić information content (AvgIpc) is 2.39. The van der Waals surface area contributed by atoms with Gasteiger partial charge in [-0.05, 0) is 30.3 Å². The topological polar surface area (TPSA) is 105 Å². The first-order valence-electron chi connectivity index (χ1n) is 5.38. The molecule has 0 saturated heterocycles. The van der Waals surface area contributed by atoms with Gasteiger partial charge in [-0.3, -0.25) is 14.9 Å². The van der Waals surface area contributed by atoms with E-state index in [1.165, 1.54) is 30.3 Å². The fraction of sp³-hybridized carbons (Fsp3) is 0. The number of halogens is 1. The molecule has 0 fully saturated rings. The number of aromatic nitrogens is 1. The first-order chi connectivity index (χ1) is 9.47. The van der Waals surface area contributed by atoms with Crippen molar-refractivity contribution in [3.05, 3.63) is 57.2 Å². The molecule has 0 unspecified atom stereocenters. The van der Waals surface area contributed by atoms with E-state index >= 15 is 0 Å². The normalized spacial score (nSPS) is 10.1. The standard InChI is InChI=1S/C12H8ClN3O4/c13-10-6-5-9(16(19)20)11(14-10)15-12(18)7-1-3-8(17)4-2-7/h1-6,17H,(H,14,15,18). The maximum absolute atomic E-state index is 11.9. The van der Waals surface area contributed by atoms with Gasteiger partial charge in [-0.15, -0.1) is 0 Å². The number of phenolic OH excluding ortho intramolecular Hbond substituents is 1. The number of nitrogens with zero attached hydrogens (tertiary/aromatic N) is 2. The molecule has 1 amide bonds. The number of nitrogens with one attached hydrogen (secondary N) is 1. The Kier molecular flexibility index (Phi) is 3.81. The summed E-state index contributed by atoms with van der Waals surface area (Å²) in [7, 11) is 0. The molecule has 0 atom stereocenters. The minimum Gasteiger partial charge on any atom is -0.508 e. The highest BCUT2D eigenvalue weighted by molar-refractivity contribution is 6.29. The quantitative estimate of drug-likeness (QED) is 0.514. The number of hydrogen-bond donors (Lipinski definition) is 2. The summed E-state index contributed by atoms with van der Waals surface area (Å²) in [6, 6.07) is 7.82. The Morgan fingerprint density at radius 3 is 2.50 bits per heavy atom. The monoisotopic (exact) mass is 293 g/mol. The number of nitro groups is 1. The molecule has 1 aromatic heterocycles. The predicted molar refractivity (Wildman–Crippen MR) is 72.0 cm³/mol. The lowest BCUT2D eigenvalue weighted by Gasteiger charge is -2.05. The molecule has 0 spiro atoms. The smallest absolute Gasteiger partial charge is 0.311 e. The van der Waals surface area contributed by atoms with Crippen molar-refractivity contribution in [1.29, 1.82) is 0 Å². The van der Waals surface area contributed by atoms with Crippen LogP contribution in [0.5, 0.6) is 5.75 Å². The number of amides is 1. The van der Waals surface area contributed by atoms with Gasteiger partial charge in [0, 0.05) is 11.6 Å². The van der Waals surface area contributed by atoms with E-state index in [9.17, 15) is 14.9 Å². The van der Waals surface area contributed by atoms with Crippen LogP contribution in [0.2, 0.25) is 5.15 Å². The van der Waals surface area contributed by atoms with Gasteiger partial charge < -0.3 is 10.4 Å². The van der Waals surface area contributed by atoms with E-state index in [2.05, 4.69) is 10.3 Å². The van der Waals surface area contributed by atoms with Crippen LogP contribution in [-0.4, -0.2) is 20.9 Å². The number of hydrogen-bond acceptors (Lipinski definition) is 5. The van der Waals surface area contributed by atoms with E-state index in [-0.39, 0.29) is 28.0 Å². The summed E-state index contributed by atoms with van der Waals surface area (Å²) in [5, 5.41) is 22.3. The van der Waals surface area contributed by atoms with E-state index in [0.29, 0.717) is 0 Å². The molecule has 1 aromatic carbocycles. The van der Waals surface area contributed by atoms with Crippen molar-refractivity contribution in [3.63, 3.8) is 0 Å². The minimum atomic E-state index is -0.671. The zero-order valence-corrected chi connectivity index (χ0v) is 10.7. The first-order valence-corrected chi connectivity index (χ1v) is 5.76. The number of carbonyl (C=O) groups excluding carboxylic acids is 1. The Balaban J connectivity index is 2.29. The number of aromatic hydroxyl groups is 1. The molecule has 20 heavy (non-hydrogen) atoms. The van der Waals surface area contributed by atoms with Crippen LogP contribution in [0.1, 0.15) is 10.4 Å². The molecule has 102 valence electrons. The number of anilines is 1. The Morgan fingerprint density at radius 1 is 1.25 bits per heavy atom. The molecule has 0 aliphatic carbocycles. The van der Waals surface area contributed by atoms with Crippen LogP contribution in [0, 0.1) is 10.1 Å². The third-order valence-electron chi connectivity index (χ3n) is 2.40. The Bertz CT molecular complexity index is 673. The van der Waals surface area contributed by atoms with Crippen LogP contribution in [0.3, 0.4) is 0 Å². The summed E-state index contributed by atoms with van der Waals surface area (Å²) in [5.74, 6) is -0.822. The Hall–Kier alpha value is -2.67. The van der Waals surface area contributed by atoms with Crippen molar-refractivity contribution < 1.29 is 14.8 Å². The zero-order valence-electron chi connectivity index (χ0n) is 9.91. The van der Waals surface area contributed by atoms with Crippen LogP contribution >= 0.6 is 11.6 Å². The SMILES string of the molecule is O=C(Nc1nc(Cl)ccc1[N+](=O)[O-])c1ccc(O)cc1. The van der Waals surface area contributed by atoms with Gasteiger partial charge in [0.25, 0.3) is 5.91 Å². The van der Waals surface area contributed by atoms with Gasteiger partial charge in [-0.25, -0.2) is 4.98 Å². The molecule has 1 heterocycles. The molecule has 0 radical (unpaired) electrons. The molecule has 0 aliphatic rings. The summed E-state index contributed by atoms with van der Waals surface area (Å²) in [6.45, 7) is 0. The molecule has 0 aliphatic heterocycles. The van der Waals surface area contributed by atoms with Crippen LogP contribution in [0.15, 0.2) is 36.4 Å². The molecule has 8 heteroatoms. The van der Waals surface area contributed by atoms with E-state index in [0.717, 1.165) is 6.07 Å². The predicted octanol–water partition coefficient (Wildman–Crippen LogP) is 2.60. The second-order valence-electron chi connectivity index (χ2n) is 3.76. The minimum absolute atomic E-state index is 0.00779. The van der Waals surface area contributed by atoms with Gasteiger partial charge in [-0.1, -0.05) is 11.6 Å². The summed E-state index contributed by atoms with van der Waals surface area (Å²) in [6.07, 6.45) is 0. The summed E-state index contributed by atoms with van der Waals surface area (Å²) in [5.41, 5.74) is -0.139. The molecule has 0 bridgehead atoms. The summed E-state index contributed by atoms with van der Waals surface area (Å²) in [4.78, 5) is 25.8. The van der Waals surface area contributed by atoms with Crippen molar-refractivity contribution in [2.24, 2.45) is 0 Å². The van der Waals surface area contributed by atoms with Crippen LogP contribution < -0.4 is 5.32 Å². The van der Waals surface area contributed by atoms with E-state index in [1.54, 1.807) is 0 Å². The van der Waals surface area contributed by atoms with Crippen molar-refractivity contribution in [2.45, 2.75) is 0 Å². The van der Waals surface area contributed by atoms with Crippen LogP contribution in [0.25, 0.3) is 0 Å². The van der Waals surface area contributed by atoms with Crippen molar-refractivity contribution in [3.8, 4) is 5.75 Å². The van der Waals surface area contributed by atoms with E-state index in [4.69, 9.17) is 16.7 Å². The summed E-state index contributed by atoms with van der Waals surface area (Å²) >= 11 is 5.65. The second kappa shape index (κ2) is 5.54. The number of carbonyl (C=O) groups is 1. The van der Waals surface area contributed by atoms with Gasteiger partial charge in [0.2, 0.25) is 5.82 Å². The van der Waals surface area contributed by atoms with Gasteiger partial charge in [-0.2, -0.15) is 0 Å². The van der Waals surface area contributed by atoms with E-state index in [1.807, 2.05) is 0 Å². The second-order valence-corrected chi connectivity index (χ2v) is 4.15. The fourth-order valence-corrected chi connectivity index (χ4v) is 1.61. The number of phenols is 1. The maximum Gasteiger partial charge on any atom is 0.311 e. The lowest BCUT2D eigenvalue weighted by Crippen LogP contribution is -2.14. The molecular formula is C12H8ClN3O4. The van der Waals surface area contributed by atoms with Crippen molar-refractivity contribution >= 4 is 29.0 Å². The van der Waals surface area contributed by atoms with Gasteiger partial charge in [0.1, 0.15) is 10.9 Å². The van der Waals surface area contributed by atoms with Gasteiger partial charge in [0.15, 0.2) is 0 Å². The van der Waals surface area contributed by atoms with Gasteiger partial charge in [0.05, 0.1) is 4.92 Å². The highest BCUT2D eigenvalue weighted by atomic mass is 35.5. The summed E-state index contributed by atoms with van der Waals surface area (Å²) < 4.78 is 0. The van der Waals surface area contributed by atoms with Crippen molar-refractivity contribution in [1.82, 2.24) is 4.98 Å². The number of rotatable bonds is 3. The third kappa shape index (κ3) is 3.01. The third-order valence-corrected chi connectivity index (χ3v) is 2.61. The first kappa shape index (κ1) is 13.8. The molecule has 0 saturated carbocycles. The van der Waals surface area contributed by atoms with Gasteiger partial charge >= 0.3 is 5.69 Å². The maximum atomic E-state index is 11.9. The average molecular weight is 294 g/mol. The Labute approximate surface area is 118 Å². The molecule has 2 N–H and O–H groups in total. The highest BCUT2D eigenvalue weighted by Crippen LogP contribution is 2.24. The van der Waals surface area contributed by atoms with Crippen LogP contribution in [0.4, 0.5) is 11.5 Å². The highest BCUT2D eigenvalue weighted by Gasteiger charge is 2.18. The largest absolute Gasteiger partial charge is 0.508 e. The zero-order chi connectivity index (χ0) is 14.7. The fourth-order valence-electron chi connectivity index (χ4n) is 1.46. The Morgan fingerprint density at radius 2 is 1.90 bits per heavy atom. The number of benzene rings is 1. The lowest BCUT2D eigenvalue weighted by molar-refractivity contribution is -0.384. The lowest BCUT2D eigenvalue weighted by atomic mass is 10.2.